The van der Waals surface area contributed by atoms with E-state index in [-0.39, 0.29) is 0 Å². The van der Waals surface area contributed by atoms with Gasteiger partial charge < -0.3 is 17.2 Å². The lowest BCUT2D eigenvalue weighted by atomic mass is 10.1. The molecule has 25 heavy (non-hydrogen) atoms. The van der Waals surface area contributed by atoms with Crippen LogP contribution in [0.5, 0.6) is 0 Å². The van der Waals surface area contributed by atoms with E-state index < -0.39 is 0 Å². The van der Waals surface area contributed by atoms with Gasteiger partial charge in [-0.15, -0.1) is 0 Å². The van der Waals surface area contributed by atoms with Gasteiger partial charge in [-0.25, -0.2) is 0 Å². The van der Waals surface area contributed by atoms with E-state index >= 15 is 0 Å². The highest BCUT2D eigenvalue weighted by molar-refractivity contribution is 5.79. The fraction of sp³-hybridized carbons (Fsp3) is 0. The molecule has 6 N–H and O–H groups in total. The van der Waals surface area contributed by atoms with Gasteiger partial charge in [-0.3, -0.25) is 0 Å². The molecule has 0 aromatic heterocycles. The van der Waals surface area contributed by atoms with Crippen LogP contribution >= 0.6 is 0 Å². The first-order valence-corrected chi connectivity index (χ1v) is 8.07. The number of anilines is 3. The van der Waals surface area contributed by atoms with Crippen molar-refractivity contribution < 1.29 is 0 Å². The standard InChI is InChI=1S/C22H21N3/c23-20-11-5-16(6-12-20)1-2-18-4-10-19(22(25)15-18)9-3-17-7-13-21(24)14-8-17/h1-15H,23-25H2/b2-1+,9-3+. The lowest BCUT2D eigenvalue weighted by molar-refractivity contribution is 1.60. The molecule has 0 fully saturated rings. The zero-order valence-corrected chi connectivity index (χ0v) is 13.9. The van der Waals surface area contributed by atoms with Gasteiger partial charge in [-0.05, 0) is 52.6 Å². The molecule has 3 heteroatoms. The Labute approximate surface area is 148 Å². The summed E-state index contributed by atoms with van der Waals surface area (Å²) in [5.41, 5.74) is 24.1. The van der Waals surface area contributed by atoms with Gasteiger partial charge in [-0.2, -0.15) is 0 Å². The van der Waals surface area contributed by atoms with Gasteiger partial charge in [-0.1, -0.05) is 60.7 Å². The van der Waals surface area contributed by atoms with Crippen LogP contribution in [0.1, 0.15) is 22.3 Å². The van der Waals surface area contributed by atoms with Crippen LogP contribution < -0.4 is 17.2 Å². The van der Waals surface area contributed by atoms with Crippen LogP contribution in [0.3, 0.4) is 0 Å². The minimum absolute atomic E-state index is 0.742. The van der Waals surface area contributed by atoms with Gasteiger partial charge in [0.05, 0.1) is 0 Å². The molecule has 0 saturated carbocycles. The molecule has 0 amide bonds. The van der Waals surface area contributed by atoms with E-state index in [1.807, 2.05) is 91.0 Å². The van der Waals surface area contributed by atoms with E-state index in [0.29, 0.717) is 0 Å². The van der Waals surface area contributed by atoms with Crippen LogP contribution in [0.25, 0.3) is 24.3 Å². The van der Waals surface area contributed by atoms with E-state index in [1.165, 1.54) is 0 Å². The van der Waals surface area contributed by atoms with Gasteiger partial charge in [0.1, 0.15) is 0 Å². The largest absolute Gasteiger partial charge is 0.399 e. The average molecular weight is 327 g/mol. The average Bonchev–Trinajstić information content (AvgIpc) is 2.62. The molecule has 0 aliphatic heterocycles. The number of nitrogen functional groups attached to an aromatic ring is 3. The van der Waals surface area contributed by atoms with Crippen molar-refractivity contribution in [1.82, 2.24) is 0 Å². The first kappa shape index (κ1) is 16.4. The third-order valence-corrected chi connectivity index (χ3v) is 3.91. The normalized spacial score (nSPS) is 11.4. The highest BCUT2D eigenvalue weighted by Gasteiger charge is 1.97. The zero-order chi connectivity index (χ0) is 17.6. The maximum Gasteiger partial charge on any atom is 0.0393 e. The topological polar surface area (TPSA) is 78.1 Å². The molecule has 0 radical (unpaired) electrons. The number of nitrogens with two attached hydrogens (primary N) is 3. The first-order chi connectivity index (χ1) is 12.1. The van der Waals surface area contributed by atoms with Gasteiger partial charge in [0.2, 0.25) is 0 Å². The van der Waals surface area contributed by atoms with Crippen molar-refractivity contribution >= 4 is 41.4 Å². The minimum Gasteiger partial charge on any atom is -0.399 e. The minimum atomic E-state index is 0.742. The quantitative estimate of drug-likeness (QED) is 0.477. The summed E-state index contributed by atoms with van der Waals surface area (Å²) < 4.78 is 0. The molecule has 0 unspecified atom stereocenters. The molecule has 0 aliphatic rings. The van der Waals surface area contributed by atoms with Crippen molar-refractivity contribution in [1.29, 1.82) is 0 Å². The summed E-state index contributed by atoms with van der Waals surface area (Å²) in [5.74, 6) is 0. The predicted octanol–water partition coefficient (Wildman–Crippen LogP) is 4.77. The van der Waals surface area contributed by atoms with Crippen molar-refractivity contribution in [2.75, 3.05) is 17.2 Å². The van der Waals surface area contributed by atoms with Crippen molar-refractivity contribution in [2.45, 2.75) is 0 Å². The molecule has 0 atom stereocenters. The summed E-state index contributed by atoms with van der Waals surface area (Å²) in [6, 6.07) is 21.5. The molecule has 0 bridgehead atoms. The lowest BCUT2D eigenvalue weighted by Gasteiger charge is -2.03. The molecule has 0 saturated heterocycles. The fourth-order valence-corrected chi connectivity index (χ4v) is 2.44. The maximum absolute atomic E-state index is 6.18. The molecule has 0 heterocycles. The van der Waals surface area contributed by atoms with Gasteiger partial charge in [0.25, 0.3) is 0 Å². The van der Waals surface area contributed by atoms with Crippen LogP contribution in [-0.2, 0) is 0 Å². The monoisotopic (exact) mass is 327 g/mol. The molecular weight excluding hydrogens is 306 g/mol. The maximum atomic E-state index is 6.18. The summed E-state index contributed by atoms with van der Waals surface area (Å²) in [7, 11) is 0. The van der Waals surface area contributed by atoms with Crippen LogP contribution in [-0.4, -0.2) is 0 Å². The van der Waals surface area contributed by atoms with Crippen molar-refractivity contribution in [3.8, 4) is 0 Å². The summed E-state index contributed by atoms with van der Waals surface area (Å²) in [4.78, 5) is 0. The van der Waals surface area contributed by atoms with Crippen LogP contribution in [0.2, 0.25) is 0 Å². The van der Waals surface area contributed by atoms with Crippen molar-refractivity contribution in [3.05, 3.63) is 89.0 Å². The Balaban J connectivity index is 1.74. The molecule has 124 valence electrons. The highest BCUT2D eigenvalue weighted by atomic mass is 14.6. The lowest BCUT2D eigenvalue weighted by Crippen LogP contribution is -1.90. The number of hydrogen-bond acceptors (Lipinski definition) is 3. The molecule has 3 aromatic carbocycles. The molecule has 3 rings (SSSR count). The summed E-state index contributed by atoms with van der Waals surface area (Å²) in [6.07, 6.45) is 8.11. The van der Waals surface area contributed by atoms with Crippen LogP contribution in [0, 0.1) is 0 Å². The molecule has 0 spiro atoms. The van der Waals surface area contributed by atoms with E-state index in [0.717, 1.165) is 39.3 Å². The second-order valence-electron chi connectivity index (χ2n) is 5.89. The Hall–Kier alpha value is -3.46. The van der Waals surface area contributed by atoms with Gasteiger partial charge in [0.15, 0.2) is 0 Å². The number of hydrogen-bond donors (Lipinski definition) is 3. The third kappa shape index (κ3) is 4.52. The Morgan fingerprint density at radius 3 is 1.44 bits per heavy atom. The molecule has 3 aromatic rings. The smallest absolute Gasteiger partial charge is 0.0393 e. The van der Waals surface area contributed by atoms with Gasteiger partial charge >= 0.3 is 0 Å². The van der Waals surface area contributed by atoms with Crippen LogP contribution in [0.4, 0.5) is 17.1 Å². The first-order valence-electron chi connectivity index (χ1n) is 8.07. The molecular formula is C22H21N3. The Kier molecular flexibility index (Phi) is 4.86. The Morgan fingerprint density at radius 2 is 0.920 bits per heavy atom. The fourth-order valence-electron chi connectivity index (χ4n) is 2.44. The van der Waals surface area contributed by atoms with E-state index in [1.54, 1.807) is 0 Å². The molecule has 3 nitrogen and oxygen atoms in total. The highest BCUT2D eigenvalue weighted by Crippen LogP contribution is 2.20. The number of benzene rings is 3. The second kappa shape index (κ2) is 7.41. The second-order valence-corrected chi connectivity index (χ2v) is 5.89. The SMILES string of the molecule is Nc1ccc(/C=C/c2ccc(/C=C/c3ccc(N)cc3)c(N)c2)cc1. The van der Waals surface area contributed by atoms with E-state index in [9.17, 15) is 0 Å². The Bertz CT molecular complexity index is 905. The van der Waals surface area contributed by atoms with E-state index in [2.05, 4.69) is 0 Å². The summed E-state index contributed by atoms with van der Waals surface area (Å²) >= 11 is 0. The molecule has 0 aliphatic carbocycles. The summed E-state index contributed by atoms with van der Waals surface area (Å²) in [6.45, 7) is 0. The Morgan fingerprint density at radius 1 is 0.480 bits per heavy atom. The number of rotatable bonds is 4. The van der Waals surface area contributed by atoms with Crippen LogP contribution in [0.15, 0.2) is 66.7 Å². The predicted molar refractivity (Wildman–Crippen MR) is 110 cm³/mol. The zero-order valence-electron chi connectivity index (χ0n) is 13.9. The van der Waals surface area contributed by atoms with Crippen molar-refractivity contribution in [3.63, 3.8) is 0 Å². The van der Waals surface area contributed by atoms with Crippen molar-refractivity contribution in [2.24, 2.45) is 0 Å². The third-order valence-electron chi connectivity index (χ3n) is 3.91. The van der Waals surface area contributed by atoms with Gasteiger partial charge in [0, 0.05) is 17.1 Å². The van der Waals surface area contributed by atoms with E-state index in [4.69, 9.17) is 17.2 Å². The summed E-state index contributed by atoms with van der Waals surface area (Å²) in [5, 5.41) is 0.